The molecule has 0 aliphatic heterocycles. The molecule has 1 rings (SSSR count). The Morgan fingerprint density at radius 1 is 1.67 bits per heavy atom. The molecule has 0 saturated carbocycles. The molecule has 9 heavy (non-hydrogen) atoms. The Hall–Kier alpha value is -0.440. The molecule has 3 heteroatoms. The van der Waals surface area contributed by atoms with Gasteiger partial charge in [0.15, 0.2) is 0 Å². The normalized spacial score (nSPS) is 9.89. The fraction of sp³-hybridized carbons (Fsp3) is 0.667. The average Bonchev–Trinajstić information content (AvgIpc) is 2.34. The maximum Gasteiger partial charge on any atom is 0.0755 e. The monoisotopic (exact) mass is 142 g/mol. The Kier molecular flexibility index (Phi) is 2.64. The van der Waals surface area contributed by atoms with Gasteiger partial charge in [-0.15, -0.1) is 5.10 Å². The summed E-state index contributed by atoms with van der Waals surface area (Å²) < 4.78 is 3.77. The smallest absolute Gasteiger partial charge is 0.0755 e. The van der Waals surface area contributed by atoms with Crippen LogP contribution in [-0.4, -0.2) is 9.59 Å². The summed E-state index contributed by atoms with van der Waals surface area (Å²) in [4.78, 5) is 0. The van der Waals surface area contributed by atoms with Gasteiger partial charge in [0.2, 0.25) is 0 Å². The van der Waals surface area contributed by atoms with E-state index in [0.29, 0.717) is 0 Å². The highest BCUT2D eigenvalue weighted by Gasteiger charge is 1.92. The summed E-state index contributed by atoms with van der Waals surface area (Å²) in [5.74, 6) is 0. The lowest BCUT2D eigenvalue weighted by Crippen LogP contribution is -1.83. The van der Waals surface area contributed by atoms with Crippen LogP contribution < -0.4 is 0 Å². The second kappa shape index (κ2) is 3.56. The van der Waals surface area contributed by atoms with Gasteiger partial charge in [0.05, 0.1) is 5.69 Å². The van der Waals surface area contributed by atoms with Crippen LogP contribution in [-0.2, 0) is 6.42 Å². The zero-order valence-corrected chi connectivity index (χ0v) is 6.32. The summed E-state index contributed by atoms with van der Waals surface area (Å²) in [6, 6.07) is 0. The summed E-state index contributed by atoms with van der Waals surface area (Å²) in [5, 5.41) is 5.93. The van der Waals surface area contributed by atoms with E-state index in [0.717, 1.165) is 12.1 Å². The standard InChI is InChI=1S/C6H10N2S/c1-2-3-4-6-5-9-8-7-6/h5H,2-4H2,1H3. The largest absolute Gasteiger partial charge is 0.143 e. The van der Waals surface area contributed by atoms with E-state index in [1.807, 2.05) is 5.38 Å². The van der Waals surface area contributed by atoms with Crippen LogP contribution in [0.3, 0.4) is 0 Å². The fourth-order valence-corrected chi connectivity index (χ4v) is 1.14. The number of unbranched alkanes of at least 4 members (excludes halogenated alkanes) is 1. The first kappa shape index (κ1) is 6.68. The lowest BCUT2D eigenvalue weighted by atomic mass is 10.2. The zero-order valence-electron chi connectivity index (χ0n) is 5.50. The molecular formula is C6H10N2S. The molecular weight excluding hydrogens is 132 g/mol. The van der Waals surface area contributed by atoms with Gasteiger partial charge in [-0.1, -0.05) is 17.8 Å². The minimum atomic E-state index is 1.09. The Bertz CT molecular complexity index is 148. The van der Waals surface area contributed by atoms with Crippen molar-refractivity contribution in [3.63, 3.8) is 0 Å². The molecule has 0 spiro atoms. The number of aryl methyl sites for hydroxylation is 1. The Balaban J connectivity index is 2.30. The van der Waals surface area contributed by atoms with Crippen LogP contribution in [0.15, 0.2) is 5.38 Å². The quantitative estimate of drug-likeness (QED) is 0.644. The van der Waals surface area contributed by atoms with E-state index in [1.54, 1.807) is 0 Å². The number of hydrogen-bond acceptors (Lipinski definition) is 3. The summed E-state index contributed by atoms with van der Waals surface area (Å²) in [7, 11) is 0. The molecule has 0 amide bonds. The van der Waals surface area contributed by atoms with Crippen LogP contribution in [0, 0.1) is 0 Å². The van der Waals surface area contributed by atoms with E-state index in [-0.39, 0.29) is 0 Å². The number of hydrogen-bond donors (Lipinski definition) is 0. The van der Waals surface area contributed by atoms with Crippen LogP contribution in [0.4, 0.5) is 0 Å². The summed E-state index contributed by atoms with van der Waals surface area (Å²) >= 11 is 1.43. The van der Waals surface area contributed by atoms with Gasteiger partial charge in [-0.2, -0.15) is 0 Å². The molecule has 50 valence electrons. The van der Waals surface area contributed by atoms with E-state index < -0.39 is 0 Å². The van der Waals surface area contributed by atoms with Crippen LogP contribution in [0.5, 0.6) is 0 Å². The van der Waals surface area contributed by atoms with Crippen molar-refractivity contribution in [2.24, 2.45) is 0 Å². The zero-order chi connectivity index (χ0) is 6.53. The molecule has 0 saturated heterocycles. The van der Waals surface area contributed by atoms with E-state index in [2.05, 4.69) is 16.5 Å². The lowest BCUT2D eigenvalue weighted by molar-refractivity contribution is 0.772. The molecule has 1 heterocycles. The summed E-state index contributed by atoms with van der Waals surface area (Å²) in [5.41, 5.74) is 1.14. The number of aromatic nitrogens is 2. The van der Waals surface area contributed by atoms with E-state index >= 15 is 0 Å². The van der Waals surface area contributed by atoms with Gasteiger partial charge >= 0.3 is 0 Å². The van der Waals surface area contributed by atoms with Crippen molar-refractivity contribution in [3.8, 4) is 0 Å². The number of nitrogens with zero attached hydrogens (tertiary/aromatic N) is 2. The van der Waals surface area contributed by atoms with Crippen molar-refractivity contribution in [2.75, 3.05) is 0 Å². The maximum atomic E-state index is 3.92. The summed E-state index contributed by atoms with van der Waals surface area (Å²) in [6.07, 6.45) is 3.55. The van der Waals surface area contributed by atoms with Crippen LogP contribution >= 0.6 is 11.5 Å². The van der Waals surface area contributed by atoms with Gasteiger partial charge < -0.3 is 0 Å². The van der Waals surface area contributed by atoms with Crippen molar-refractivity contribution in [1.82, 2.24) is 9.59 Å². The minimum absolute atomic E-state index is 1.09. The molecule has 0 aromatic carbocycles. The van der Waals surface area contributed by atoms with Gasteiger partial charge in [0.25, 0.3) is 0 Å². The molecule has 0 atom stereocenters. The number of rotatable bonds is 3. The molecule has 0 fully saturated rings. The fourth-order valence-electron chi connectivity index (χ4n) is 0.651. The molecule has 0 N–H and O–H groups in total. The van der Waals surface area contributed by atoms with Crippen molar-refractivity contribution in [1.29, 1.82) is 0 Å². The predicted molar refractivity (Wildman–Crippen MR) is 38.5 cm³/mol. The molecule has 0 radical (unpaired) electrons. The van der Waals surface area contributed by atoms with Gasteiger partial charge in [-0.05, 0) is 24.4 Å². The van der Waals surface area contributed by atoms with Crippen molar-refractivity contribution < 1.29 is 0 Å². The molecule has 0 aliphatic carbocycles. The highest BCUT2D eigenvalue weighted by Crippen LogP contribution is 2.01. The van der Waals surface area contributed by atoms with Crippen LogP contribution in [0.2, 0.25) is 0 Å². The van der Waals surface area contributed by atoms with Gasteiger partial charge in [-0.25, -0.2) is 0 Å². The van der Waals surface area contributed by atoms with Gasteiger partial charge in [0, 0.05) is 5.38 Å². The topological polar surface area (TPSA) is 25.8 Å². The van der Waals surface area contributed by atoms with E-state index in [4.69, 9.17) is 0 Å². The molecule has 2 nitrogen and oxygen atoms in total. The lowest BCUT2D eigenvalue weighted by Gasteiger charge is -1.88. The third kappa shape index (κ3) is 2.10. The SMILES string of the molecule is CCCCc1csnn1. The Labute approximate surface area is 59.1 Å². The molecule has 1 aromatic heterocycles. The first-order valence-corrected chi connectivity index (χ1v) is 4.03. The molecule has 1 aromatic rings. The average molecular weight is 142 g/mol. The molecule has 0 aliphatic rings. The second-order valence-corrected chi connectivity index (χ2v) is 2.61. The van der Waals surface area contributed by atoms with Gasteiger partial charge in [-0.3, -0.25) is 0 Å². The highest BCUT2D eigenvalue weighted by molar-refractivity contribution is 7.03. The minimum Gasteiger partial charge on any atom is -0.143 e. The van der Waals surface area contributed by atoms with Crippen molar-refractivity contribution in [3.05, 3.63) is 11.1 Å². The first-order chi connectivity index (χ1) is 4.43. The molecule has 0 unspecified atom stereocenters. The second-order valence-electron chi connectivity index (χ2n) is 2.00. The van der Waals surface area contributed by atoms with Crippen LogP contribution in [0.25, 0.3) is 0 Å². The Morgan fingerprint density at radius 3 is 3.11 bits per heavy atom. The maximum absolute atomic E-state index is 3.92. The van der Waals surface area contributed by atoms with Crippen molar-refractivity contribution >= 4 is 11.5 Å². The van der Waals surface area contributed by atoms with Crippen LogP contribution in [0.1, 0.15) is 25.5 Å². The van der Waals surface area contributed by atoms with E-state index in [1.165, 1.54) is 24.4 Å². The third-order valence-corrected chi connectivity index (χ3v) is 1.75. The Morgan fingerprint density at radius 2 is 2.56 bits per heavy atom. The first-order valence-electron chi connectivity index (χ1n) is 3.19. The highest BCUT2D eigenvalue weighted by atomic mass is 32.1. The summed E-state index contributed by atoms with van der Waals surface area (Å²) in [6.45, 7) is 2.18. The van der Waals surface area contributed by atoms with Gasteiger partial charge in [0.1, 0.15) is 0 Å². The molecule has 0 bridgehead atoms. The van der Waals surface area contributed by atoms with E-state index in [9.17, 15) is 0 Å². The van der Waals surface area contributed by atoms with Crippen molar-refractivity contribution in [2.45, 2.75) is 26.2 Å². The third-order valence-electron chi connectivity index (χ3n) is 1.19. The predicted octanol–water partition coefficient (Wildman–Crippen LogP) is 1.88.